The highest BCUT2D eigenvalue weighted by Gasteiger charge is 2.29. The Hall–Kier alpha value is -1.36. The van der Waals surface area contributed by atoms with E-state index in [0.29, 0.717) is 23.4 Å². The van der Waals surface area contributed by atoms with Gasteiger partial charge in [-0.15, -0.1) is 0 Å². The van der Waals surface area contributed by atoms with Crippen LogP contribution in [0.3, 0.4) is 0 Å². The predicted octanol–water partition coefficient (Wildman–Crippen LogP) is 2.24. The van der Waals surface area contributed by atoms with Crippen LogP contribution in [0.1, 0.15) is 44.0 Å². The molecule has 6 heteroatoms. The minimum atomic E-state index is -0.635. The number of rotatable bonds is 5. The molecule has 0 aromatic carbocycles. The van der Waals surface area contributed by atoms with Crippen molar-refractivity contribution < 1.29 is 4.79 Å². The van der Waals surface area contributed by atoms with Gasteiger partial charge in [0.15, 0.2) is 0 Å². The minimum absolute atomic E-state index is 0.347. The van der Waals surface area contributed by atoms with Gasteiger partial charge in [0.25, 0.3) is 0 Å². The minimum Gasteiger partial charge on any atom is -0.369 e. The molecule has 0 aliphatic heterocycles. The average molecular weight is 283 g/mol. The number of nitrogens with two attached hydrogens (primary N) is 1. The molecule has 1 amide bonds. The molecule has 3 N–H and O–H groups in total. The van der Waals surface area contributed by atoms with Crippen LogP contribution in [-0.2, 0) is 4.79 Å². The quantitative estimate of drug-likeness (QED) is 0.812. The first-order chi connectivity index (χ1) is 8.81. The summed E-state index contributed by atoms with van der Waals surface area (Å²) in [5.41, 5.74) is 5.51. The summed E-state index contributed by atoms with van der Waals surface area (Å²) < 4.78 is 0. The number of amides is 1. The van der Waals surface area contributed by atoms with E-state index < -0.39 is 5.41 Å². The number of nitrogens with one attached hydrogen (secondary N) is 1. The molecule has 0 atom stereocenters. The summed E-state index contributed by atoms with van der Waals surface area (Å²) in [5, 5.41) is 3.63. The van der Waals surface area contributed by atoms with Crippen molar-refractivity contribution in [2.75, 3.05) is 11.9 Å². The van der Waals surface area contributed by atoms with E-state index >= 15 is 0 Å². The second-order valence-electron chi connectivity index (χ2n) is 5.72. The molecule has 1 aliphatic rings. The molecule has 0 bridgehead atoms. The first-order valence-electron chi connectivity index (χ1n) is 6.39. The van der Waals surface area contributed by atoms with Gasteiger partial charge in [0.05, 0.1) is 5.41 Å². The molecular weight excluding hydrogens is 264 g/mol. The fourth-order valence-corrected chi connectivity index (χ4v) is 1.77. The SMILES string of the molecule is Cc1c(Cl)nc(C2CC2)nc1NCC(C)(C)C(N)=O. The fraction of sp³-hybridized carbons (Fsp3) is 0.615. The highest BCUT2D eigenvalue weighted by atomic mass is 35.5. The van der Waals surface area contributed by atoms with E-state index in [0.717, 1.165) is 24.2 Å². The van der Waals surface area contributed by atoms with Crippen molar-refractivity contribution in [1.29, 1.82) is 0 Å². The van der Waals surface area contributed by atoms with Crippen molar-refractivity contribution in [3.05, 3.63) is 16.5 Å². The molecule has 0 spiro atoms. The first-order valence-corrected chi connectivity index (χ1v) is 6.77. The number of carbonyl (C=O) groups excluding carboxylic acids is 1. The Morgan fingerprint density at radius 1 is 1.47 bits per heavy atom. The Balaban J connectivity index is 2.17. The topological polar surface area (TPSA) is 80.9 Å². The predicted molar refractivity (Wildman–Crippen MR) is 75.2 cm³/mol. The standard InChI is InChI=1S/C13H19ClN4O/c1-7-9(14)17-11(8-4-5-8)18-10(7)16-6-13(2,3)12(15)19/h8H,4-6H2,1-3H3,(H2,15,19)(H,16,17,18). The molecule has 1 aromatic heterocycles. The molecule has 1 heterocycles. The third-order valence-electron chi connectivity index (χ3n) is 3.41. The Kier molecular flexibility index (Phi) is 3.67. The number of primary amides is 1. The number of hydrogen-bond donors (Lipinski definition) is 2. The van der Waals surface area contributed by atoms with E-state index in [-0.39, 0.29) is 5.91 Å². The largest absolute Gasteiger partial charge is 0.369 e. The van der Waals surface area contributed by atoms with Crippen LogP contribution in [0.4, 0.5) is 5.82 Å². The van der Waals surface area contributed by atoms with Crippen molar-refractivity contribution in [2.24, 2.45) is 11.1 Å². The molecular formula is C13H19ClN4O. The Morgan fingerprint density at radius 3 is 2.63 bits per heavy atom. The maximum absolute atomic E-state index is 11.3. The zero-order chi connectivity index (χ0) is 14.2. The highest BCUT2D eigenvalue weighted by Crippen LogP contribution is 2.39. The second kappa shape index (κ2) is 4.96. The normalized spacial score (nSPS) is 15.4. The molecule has 0 radical (unpaired) electrons. The van der Waals surface area contributed by atoms with Crippen LogP contribution in [-0.4, -0.2) is 22.4 Å². The van der Waals surface area contributed by atoms with Gasteiger partial charge in [0.2, 0.25) is 5.91 Å². The van der Waals surface area contributed by atoms with Gasteiger partial charge in [-0.1, -0.05) is 11.6 Å². The molecule has 0 saturated heterocycles. The van der Waals surface area contributed by atoms with Gasteiger partial charge in [-0.3, -0.25) is 4.79 Å². The summed E-state index contributed by atoms with van der Waals surface area (Å²) >= 11 is 6.12. The number of carbonyl (C=O) groups is 1. The van der Waals surface area contributed by atoms with Crippen LogP contribution >= 0.6 is 11.6 Å². The second-order valence-corrected chi connectivity index (χ2v) is 6.08. The molecule has 1 saturated carbocycles. The van der Waals surface area contributed by atoms with E-state index in [1.807, 2.05) is 6.92 Å². The Morgan fingerprint density at radius 2 is 2.11 bits per heavy atom. The molecule has 1 aromatic rings. The molecule has 2 rings (SSSR count). The zero-order valence-corrected chi connectivity index (χ0v) is 12.2. The van der Waals surface area contributed by atoms with Gasteiger partial charge in [-0.05, 0) is 33.6 Å². The molecule has 1 fully saturated rings. The number of anilines is 1. The molecule has 19 heavy (non-hydrogen) atoms. The fourth-order valence-electron chi connectivity index (χ4n) is 1.59. The lowest BCUT2D eigenvalue weighted by Gasteiger charge is -2.22. The smallest absolute Gasteiger partial charge is 0.224 e. The van der Waals surface area contributed by atoms with Gasteiger partial charge in [0, 0.05) is 18.0 Å². The van der Waals surface area contributed by atoms with Crippen LogP contribution in [0.5, 0.6) is 0 Å². The van der Waals surface area contributed by atoms with Gasteiger partial charge in [0.1, 0.15) is 16.8 Å². The van der Waals surface area contributed by atoms with Crippen molar-refractivity contribution in [2.45, 2.75) is 39.5 Å². The van der Waals surface area contributed by atoms with Crippen molar-refractivity contribution in [1.82, 2.24) is 9.97 Å². The maximum Gasteiger partial charge on any atom is 0.224 e. The van der Waals surface area contributed by atoms with Crippen LogP contribution < -0.4 is 11.1 Å². The van der Waals surface area contributed by atoms with Crippen LogP contribution in [0.2, 0.25) is 5.15 Å². The zero-order valence-electron chi connectivity index (χ0n) is 11.5. The third kappa shape index (κ3) is 3.15. The van der Waals surface area contributed by atoms with E-state index in [2.05, 4.69) is 15.3 Å². The number of aromatic nitrogens is 2. The van der Waals surface area contributed by atoms with Crippen molar-refractivity contribution >= 4 is 23.3 Å². The van der Waals surface area contributed by atoms with E-state index in [9.17, 15) is 4.79 Å². The number of nitrogens with zero attached hydrogens (tertiary/aromatic N) is 2. The molecule has 1 aliphatic carbocycles. The number of halogens is 1. The average Bonchev–Trinajstić information content (AvgIpc) is 3.14. The highest BCUT2D eigenvalue weighted by molar-refractivity contribution is 6.30. The third-order valence-corrected chi connectivity index (χ3v) is 3.78. The summed E-state index contributed by atoms with van der Waals surface area (Å²) in [5.74, 6) is 1.56. The summed E-state index contributed by atoms with van der Waals surface area (Å²) in [4.78, 5) is 20.1. The monoisotopic (exact) mass is 282 g/mol. The van der Waals surface area contributed by atoms with Gasteiger partial charge in [-0.2, -0.15) is 0 Å². The lowest BCUT2D eigenvalue weighted by Crippen LogP contribution is -2.37. The molecule has 0 unspecified atom stereocenters. The van der Waals surface area contributed by atoms with Crippen molar-refractivity contribution in [3.63, 3.8) is 0 Å². The van der Waals surface area contributed by atoms with Crippen LogP contribution in [0.25, 0.3) is 0 Å². The van der Waals surface area contributed by atoms with E-state index in [1.165, 1.54) is 0 Å². The summed E-state index contributed by atoms with van der Waals surface area (Å²) in [6.07, 6.45) is 2.23. The van der Waals surface area contributed by atoms with Crippen LogP contribution in [0, 0.1) is 12.3 Å². The number of hydrogen-bond acceptors (Lipinski definition) is 4. The van der Waals surface area contributed by atoms with E-state index in [4.69, 9.17) is 17.3 Å². The maximum atomic E-state index is 11.3. The summed E-state index contributed by atoms with van der Waals surface area (Å²) in [6.45, 7) is 5.86. The van der Waals surface area contributed by atoms with Gasteiger partial charge >= 0.3 is 0 Å². The Labute approximate surface area is 118 Å². The first kappa shape index (κ1) is 14.1. The lowest BCUT2D eigenvalue weighted by molar-refractivity contribution is -0.125. The van der Waals surface area contributed by atoms with E-state index in [1.54, 1.807) is 13.8 Å². The van der Waals surface area contributed by atoms with Gasteiger partial charge < -0.3 is 11.1 Å². The molecule has 104 valence electrons. The summed E-state index contributed by atoms with van der Waals surface area (Å²) in [7, 11) is 0. The Bertz CT molecular complexity index is 512. The van der Waals surface area contributed by atoms with Gasteiger partial charge in [-0.25, -0.2) is 9.97 Å². The summed E-state index contributed by atoms with van der Waals surface area (Å²) in [6, 6.07) is 0. The molecule has 5 nitrogen and oxygen atoms in total. The lowest BCUT2D eigenvalue weighted by atomic mass is 9.93. The van der Waals surface area contributed by atoms with Crippen LogP contribution in [0.15, 0.2) is 0 Å². The van der Waals surface area contributed by atoms with Crippen molar-refractivity contribution in [3.8, 4) is 0 Å².